The van der Waals surface area contributed by atoms with Crippen molar-refractivity contribution in [2.24, 2.45) is 0 Å². The van der Waals surface area contributed by atoms with Crippen LogP contribution in [-0.4, -0.2) is 31.5 Å². The number of amides is 1. The zero-order chi connectivity index (χ0) is 14.8. The van der Waals surface area contributed by atoms with E-state index in [-0.39, 0.29) is 5.91 Å². The lowest BCUT2D eigenvalue weighted by molar-refractivity contribution is 0.102. The van der Waals surface area contributed by atoms with Gasteiger partial charge in [0.05, 0.1) is 17.6 Å². The van der Waals surface area contributed by atoms with Gasteiger partial charge in [0, 0.05) is 38.1 Å². The molecule has 0 spiro atoms. The topological polar surface area (TPSA) is 57.3 Å². The predicted molar refractivity (Wildman–Crippen MR) is 85.2 cm³/mol. The third-order valence-electron chi connectivity index (χ3n) is 3.61. The molecule has 0 saturated heterocycles. The van der Waals surface area contributed by atoms with Crippen molar-refractivity contribution in [1.29, 1.82) is 0 Å². The maximum atomic E-state index is 12.4. The molecular weight excluding hydrogens is 264 g/mol. The second kappa shape index (κ2) is 5.44. The molecule has 2 N–H and O–H groups in total. The van der Waals surface area contributed by atoms with Crippen molar-refractivity contribution in [2.75, 3.05) is 36.2 Å². The van der Waals surface area contributed by atoms with Crippen LogP contribution in [0.25, 0.3) is 0 Å². The van der Waals surface area contributed by atoms with E-state index >= 15 is 0 Å². The highest BCUT2D eigenvalue weighted by molar-refractivity contribution is 6.06. The Bertz CT molecular complexity index is 682. The second-order valence-corrected chi connectivity index (χ2v) is 5.29. The number of rotatable bonds is 3. The zero-order valence-corrected chi connectivity index (χ0v) is 12.2. The minimum atomic E-state index is -0.110. The second-order valence-electron chi connectivity index (χ2n) is 5.29. The third kappa shape index (κ3) is 2.67. The lowest BCUT2D eigenvalue weighted by Gasteiger charge is -2.17. The van der Waals surface area contributed by atoms with Crippen molar-refractivity contribution < 1.29 is 4.79 Å². The number of anilines is 3. The summed E-state index contributed by atoms with van der Waals surface area (Å²) in [5, 5.41) is 6.23. The van der Waals surface area contributed by atoms with E-state index in [9.17, 15) is 4.79 Å². The Hall–Kier alpha value is -2.56. The summed E-state index contributed by atoms with van der Waals surface area (Å²) in [5.74, 6) is -0.110. The Balaban J connectivity index is 1.84. The zero-order valence-electron chi connectivity index (χ0n) is 12.2. The average Bonchev–Trinajstić information content (AvgIpc) is 2.94. The van der Waals surface area contributed by atoms with Crippen LogP contribution in [0.1, 0.15) is 15.9 Å². The molecule has 5 heteroatoms. The van der Waals surface area contributed by atoms with Gasteiger partial charge in [-0.1, -0.05) is 0 Å². The van der Waals surface area contributed by atoms with Crippen LogP contribution in [-0.2, 0) is 6.42 Å². The van der Waals surface area contributed by atoms with Crippen molar-refractivity contribution in [3.8, 4) is 0 Å². The lowest BCUT2D eigenvalue weighted by atomic mass is 10.1. The first-order chi connectivity index (χ1) is 10.1. The molecule has 1 aliphatic heterocycles. The smallest absolute Gasteiger partial charge is 0.255 e. The van der Waals surface area contributed by atoms with Crippen LogP contribution in [0.15, 0.2) is 36.7 Å². The molecule has 1 aromatic heterocycles. The summed E-state index contributed by atoms with van der Waals surface area (Å²) in [5.41, 5.74) is 4.64. The highest BCUT2D eigenvalue weighted by atomic mass is 16.1. The molecule has 0 aliphatic carbocycles. The third-order valence-corrected chi connectivity index (χ3v) is 3.61. The van der Waals surface area contributed by atoms with E-state index in [1.165, 1.54) is 5.56 Å². The molecule has 1 aliphatic rings. The van der Waals surface area contributed by atoms with Gasteiger partial charge in [0.15, 0.2) is 0 Å². The van der Waals surface area contributed by atoms with Gasteiger partial charge >= 0.3 is 0 Å². The van der Waals surface area contributed by atoms with E-state index in [1.807, 2.05) is 43.3 Å². The number of nitrogens with one attached hydrogen (secondary N) is 2. The number of benzene rings is 1. The lowest BCUT2D eigenvalue weighted by Crippen LogP contribution is -2.17. The van der Waals surface area contributed by atoms with Crippen molar-refractivity contribution in [3.63, 3.8) is 0 Å². The molecule has 0 saturated carbocycles. The minimum absolute atomic E-state index is 0.110. The number of fused-ring (bicyclic) bond motifs is 1. The van der Waals surface area contributed by atoms with Gasteiger partial charge < -0.3 is 15.5 Å². The summed E-state index contributed by atoms with van der Waals surface area (Å²) >= 11 is 0. The van der Waals surface area contributed by atoms with Crippen LogP contribution in [0.2, 0.25) is 0 Å². The minimum Gasteiger partial charge on any atom is -0.384 e. The Labute approximate surface area is 124 Å². The molecule has 5 nitrogen and oxygen atoms in total. The molecule has 108 valence electrons. The van der Waals surface area contributed by atoms with Crippen LogP contribution in [0, 0.1) is 0 Å². The normalized spacial score (nSPS) is 12.5. The Kier molecular flexibility index (Phi) is 3.48. The van der Waals surface area contributed by atoms with Gasteiger partial charge in [0.1, 0.15) is 0 Å². The maximum Gasteiger partial charge on any atom is 0.255 e. The summed E-state index contributed by atoms with van der Waals surface area (Å²) in [6.07, 6.45) is 4.35. The largest absolute Gasteiger partial charge is 0.384 e. The molecule has 0 unspecified atom stereocenters. The predicted octanol–water partition coefficient (Wildman–Crippen LogP) is 2.37. The molecule has 1 aromatic carbocycles. The summed E-state index contributed by atoms with van der Waals surface area (Å²) in [7, 11) is 3.87. The number of hydrogen-bond acceptors (Lipinski definition) is 4. The molecule has 0 atom stereocenters. The van der Waals surface area contributed by atoms with Gasteiger partial charge in [-0.3, -0.25) is 9.78 Å². The number of nitrogens with zero attached hydrogens (tertiary/aromatic N) is 2. The fourth-order valence-electron chi connectivity index (χ4n) is 2.51. The van der Waals surface area contributed by atoms with Gasteiger partial charge in [0.2, 0.25) is 0 Å². The maximum absolute atomic E-state index is 12.4. The first-order valence-corrected chi connectivity index (χ1v) is 6.94. The van der Waals surface area contributed by atoms with Gasteiger partial charge in [0.25, 0.3) is 5.91 Å². The Morgan fingerprint density at radius 3 is 3.00 bits per heavy atom. The quantitative estimate of drug-likeness (QED) is 0.907. The highest BCUT2D eigenvalue weighted by Crippen LogP contribution is 2.25. The van der Waals surface area contributed by atoms with E-state index in [0.717, 1.165) is 24.3 Å². The van der Waals surface area contributed by atoms with Crippen molar-refractivity contribution >= 4 is 23.0 Å². The number of carbonyl (C=O) groups is 1. The van der Waals surface area contributed by atoms with E-state index in [2.05, 4.69) is 15.6 Å². The monoisotopic (exact) mass is 282 g/mol. The first kappa shape index (κ1) is 13.4. The summed E-state index contributed by atoms with van der Waals surface area (Å²) in [6.45, 7) is 0.938. The number of pyridine rings is 1. The fraction of sp³-hybridized carbons (Fsp3) is 0.250. The molecule has 0 radical (unpaired) electrons. The molecular formula is C16H18N4O. The van der Waals surface area contributed by atoms with E-state index in [4.69, 9.17) is 0 Å². The van der Waals surface area contributed by atoms with Gasteiger partial charge in [-0.2, -0.15) is 0 Å². The van der Waals surface area contributed by atoms with Gasteiger partial charge in [-0.05, 0) is 36.2 Å². The van der Waals surface area contributed by atoms with Crippen LogP contribution < -0.4 is 15.5 Å². The van der Waals surface area contributed by atoms with Crippen LogP contribution in [0.5, 0.6) is 0 Å². The molecule has 1 amide bonds. The van der Waals surface area contributed by atoms with E-state index in [1.54, 1.807) is 12.4 Å². The molecule has 0 fully saturated rings. The Morgan fingerprint density at radius 1 is 1.33 bits per heavy atom. The number of aromatic nitrogens is 1. The Morgan fingerprint density at radius 2 is 2.19 bits per heavy atom. The van der Waals surface area contributed by atoms with Crippen LogP contribution >= 0.6 is 0 Å². The summed E-state index contributed by atoms with van der Waals surface area (Å²) in [6, 6.07) is 7.64. The standard InChI is InChI=1S/C16H18N4O/c1-20(2)15-6-7-17-10-14(15)19-16(21)12-3-4-13-11(9-12)5-8-18-13/h3-4,6-7,9-10,18H,5,8H2,1-2H3,(H,19,21). The summed E-state index contributed by atoms with van der Waals surface area (Å²) < 4.78 is 0. The van der Waals surface area contributed by atoms with Crippen molar-refractivity contribution in [1.82, 2.24) is 4.98 Å². The van der Waals surface area contributed by atoms with Gasteiger partial charge in [-0.25, -0.2) is 0 Å². The van der Waals surface area contributed by atoms with Crippen molar-refractivity contribution in [3.05, 3.63) is 47.8 Å². The van der Waals surface area contributed by atoms with Crippen molar-refractivity contribution in [2.45, 2.75) is 6.42 Å². The van der Waals surface area contributed by atoms with Gasteiger partial charge in [-0.15, -0.1) is 0 Å². The fourth-order valence-corrected chi connectivity index (χ4v) is 2.51. The molecule has 3 rings (SSSR count). The first-order valence-electron chi connectivity index (χ1n) is 6.94. The average molecular weight is 282 g/mol. The highest BCUT2D eigenvalue weighted by Gasteiger charge is 2.15. The van der Waals surface area contributed by atoms with E-state index < -0.39 is 0 Å². The SMILES string of the molecule is CN(C)c1ccncc1NC(=O)c1ccc2c(c1)CCN2. The number of carbonyl (C=O) groups excluding carboxylic acids is 1. The molecule has 2 aromatic rings. The molecule has 21 heavy (non-hydrogen) atoms. The van der Waals surface area contributed by atoms with E-state index in [0.29, 0.717) is 11.3 Å². The molecule has 2 heterocycles. The number of hydrogen-bond donors (Lipinski definition) is 2. The van der Waals surface area contributed by atoms with Crippen LogP contribution in [0.4, 0.5) is 17.1 Å². The summed E-state index contributed by atoms with van der Waals surface area (Å²) in [4.78, 5) is 18.4. The molecule has 0 bridgehead atoms. The van der Waals surface area contributed by atoms with Crippen LogP contribution in [0.3, 0.4) is 0 Å².